The molecule has 0 fully saturated rings. The molecule has 0 saturated heterocycles. The third-order valence-electron chi connectivity index (χ3n) is 12.9. The summed E-state index contributed by atoms with van der Waals surface area (Å²) < 4.78 is 8.91. The molecule has 0 aliphatic heterocycles. The molecule has 0 spiro atoms. The molecule has 0 saturated carbocycles. The van der Waals surface area contributed by atoms with Gasteiger partial charge in [0.25, 0.3) is 0 Å². The number of rotatable bonds is 8. The third kappa shape index (κ3) is 10.6. The molecule has 0 unspecified atom stereocenters. The average Bonchev–Trinajstić information content (AvgIpc) is 3.57. The van der Waals surface area contributed by atoms with Crippen LogP contribution < -0.4 is 15.0 Å². The van der Waals surface area contributed by atoms with E-state index in [0.717, 1.165) is 55.9 Å². The zero-order chi connectivity index (χ0) is 48.4. The van der Waals surface area contributed by atoms with Crippen molar-refractivity contribution in [1.82, 2.24) is 9.55 Å². The van der Waals surface area contributed by atoms with Crippen molar-refractivity contribution in [2.24, 2.45) is 0 Å². The molecule has 2 aromatic heterocycles. The Morgan fingerprint density at radius 3 is 1.72 bits per heavy atom. The second-order valence-corrected chi connectivity index (χ2v) is 23.5. The number of ether oxygens (including phenoxy) is 1. The van der Waals surface area contributed by atoms with Gasteiger partial charge in [-0.05, 0) is 114 Å². The maximum absolute atomic E-state index is 6.69. The molecule has 2 heterocycles. The summed E-state index contributed by atoms with van der Waals surface area (Å²) in [6.45, 7) is 33.8. The molecule has 6 aromatic carbocycles. The van der Waals surface area contributed by atoms with E-state index in [1.165, 1.54) is 33.4 Å². The van der Waals surface area contributed by atoms with E-state index in [0.29, 0.717) is 11.5 Å². The van der Waals surface area contributed by atoms with Crippen molar-refractivity contribution in [3.63, 3.8) is 0 Å². The second kappa shape index (κ2) is 18.4. The van der Waals surface area contributed by atoms with Crippen LogP contribution in [0.25, 0.3) is 38.8 Å². The van der Waals surface area contributed by atoms with Crippen molar-refractivity contribution in [3.05, 3.63) is 175 Å². The average molecular weight is 1080 g/mol. The predicted molar refractivity (Wildman–Crippen MR) is 285 cm³/mol. The molecule has 356 valence electrons. The molecular formula is C62H69N4OPt-3. The van der Waals surface area contributed by atoms with Gasteiger partial charge in [-0.3, -0.25) is 7.05 Å². The molecule has 8 rings (SSSR count). The van der Waals surface area contributed by atoms with Gasteiger partial charge in [-0.2, -0.15) is 12.1 Å². The van der Waals surface area contributed by atoms with Gasteiger partial charge in [0, 0.05) is 55.7 Å². The van der Waals surface area contributed by atoms with Gasteiger partial charge in [-0.25, -0.2) is 4.98 Å². The maximum Gasteiger partial charge on any atom is 0.135 e. The van der Waals surface area contributed by atoms with Gasteiger partial charge in [0.2, 0.25) is 0 Å². The van der Waals surface area contributed by atoms with Crippen LogP contribution in [-0.4, -0.2) is 9.55 Å². The van der Waals surface area contributed by atoms with E-state index in [9.17, 15) is 0 Å². The van der Waals surface area contributed by atoms with Crippen LogP contribution in [0.4, 0.5) is 22.7 Å². The Bertz CT molecular complexity index is 3070. The van der Waals surface area contributed by atoms with Crippen molar-refractivity contribution < 1.29 is 25.8 Å². The molecule has 5 nitrogen and oxygen atoms in total. The molecule has 0 aliphatic carbocycles. The molecule has 6 heteroatoms. The summed E-state index contributed by atoms with van der Waals surface area (Å²) in [6, 6.07) is 50.9. The molecule has 0 bridgehead atoms. The fourth-order valence-corrected chi connectivity index (χ4v) is 8.52. The summed E-state index contributed by atoms with van der Waals surface area (Å²) in [7, 11) is 4.63. The molecule has 0 radical (unpaired) electrons. The van der Waals surface area contributed by atoms with E-state index >= 15 is 0 Å². The molecule has 68 heavy (non-hydrogen) atoms. The minimum Gasteiger partial charge on any atom is -0.516 e. The van der Waals surface area contributed by atoms with Gasteiger partial charge in [0.1, 0.15) is 5.82 Å². The van der Waals surface area contributed by atoms with Crippen LogP contribution in [0, 0.1) is 19.2 Å². The van der Waals surface area contributed by atoms with Crippen molar-refractivity contribution >= 4 is 44.6 Å². The number of benzene rings is 6. The first kappa shape index (κ1) is 50.2. The van der Waals surface area contributed by atoms with Crippen LogP contribution in [-0.2, 0) is 48.1 Å². The van der Waals surface area contributed by atoms with Crippen LogP contribution in [0.2, 0.25) is 0 Å². The van der Waals surface area contributed by atoms with Gasteiger partial charge in [0.05, 0.1) is 5.69 Å². The summed E-state index contributed by atoms with van der Waals surface area (Å²) >= 11 is 0. The first-order valence-electron chi connectivity index (χ1n) is 23.7. The first-order valence-corrected chi connectivity index (χ1v) is 23.7. The molecular weight excluding hydrogens is 1010 g/mol. The van der Waals surface area contributed by atoms with Crippen LogP contribution in [0.15, 0.2) is 128 Å². The number of aromatic nitrogens is 2. The Kier molecular flexibility index (Phi) is 13.6. The third-order valence-corrected chi connectivity index (χ3v) is 12.9. The second-order valence-electron chi connectivity index (χ2n) is 23.5. The number of fused-ring (bicyclic) bond motifs is 3. The summed E-state index contributed by atoms with van der Waals surface area (Å²) in [5.74, 6) is 1.98. The molecule has 1 N–H and O–H groups in total. The molecule has 0 amide bonds. The van der Waals surface area contributed by atoms with Crippen molar-refractivity contribution in [3.8, 4) is 28.4 Å². The number of pyridine rings is 1. The topological polar surface area (TPSA) is 42.3 Å². The number of hydrogen-bond acceptors (Lipinski definition) is 4. The molecule has 8 aromatic rings. The van der Waals surface area contributed by atoms with Gasteiger partial charge in [0.15, 0.2) is 0 Å². The van der Waals surface area contributed by atoms with E-state index in [2.05, 4.69) is 230 Å². The van der Waals surface area contributed by atoms with E-state index in [4.69, 9.17) is 9.72 Å². The van der Waals surface area contributed by atoms with E-state index < -0.39 is 0 Å². The minimum atomic E-state index is -0.0753. The number of nitrogens with zero attached hydrogens (tertiary/aromatic N) is 3. The van der Waals surface area contributed by atoms with Crippen molar-refractivity contribution in [2.45, 2.75) is 131 Å². The van der Waals surface area contributed by atoms with Crippen LogP contribution in [0.3, 0.4) is 0 Å². The zero-order valence-electron chi connectivity index (χ0n) is 42.9. The van der Waals surface area contributed by atoms with Gasteiger partial charge >= 0.3 is 0 Å². The van der Waals surface area contributed by atoms with Gasteiger partial charge < -0.3 is 19.5 Å². The minimum absolute atomic E-state index is 0. The molecule has 0 atom stereocenters. The van der Waals surface area contributed by atoms with Crippen molar-refractivity contribution in [1.29, 1.82) is 0 Å². The maximum atomic E-state index is 6.69. The summed E-state index contributed by atoms with van der Waals surface area (Å²) in [6.07, 6.45) is 1.91. The Labute approximate surface area is 421 Å². The van der Waals surface area contributed by atoms with Crippen LogP contribution >= 0.6 is 0 Å². The quantitative estimate of drug-likeness (QED) is 0.154. The largest absolute Gasteiger partial charge is 0.516 e. The zero-order valence-corrected chi connectivity index (χ0v) is 45.2. The summed E-state index contributed by atoms with van der Waals surface area (Å²) in [5, 5.41) is 6.02. The normalized spacial score (nSPS) is 12.6. The van der Waals surface area contributed by atoms with Crippen molar-refractivity contribution in [2.75, 3.05) is 10.2 Å². The Hall–Kier alpha value is -5.64. The summed E-state index contributed by atoms with van der Waals surface area (Å²) in [5.41, 5.74) is 14.2. The molecule has 0 aliphatic rings. The Morgan fingerprint density at radius 1 is 0.529 bits per heavy atom. The predicted octanol–water partition coefficient (Wildman–Crippen LogP) is 17.4. The smallest absolute Gasteiger partial charge is 0.135 e. The van der Waals surface area contributed by atoms with E-state index in [-0.39, 0.29) is 48.1 Å². The van der Waals surface area contributed by atoms with Gasteiger partial charge in [-0.15, -0.1) is 41.4 Å². The van der Waals surface area contributed by atoms with E-state index in [1.807, 2.05) is 35.4 Å². The van der Waals surface area contributed by atoms with Crippen LogP contribution in [0.1, 0.15) is 132 Å². The Morgan fingerprint density at radius 2 is 1.10 bits per heavy atom. The Balaban J connectivity index is 0.00000684. The summed E-state index contributed by atoms with van der Waals surface area (Å²) in [4.78, 5) is 6.90. The standard InChI is InChI=1S/C62H69N4O.Pt/c1-58(2,3)42-23-20-40(21-24-42)41-22-29-54-52(32-41)51-27-26-50(39-55(51)66(54)57-37-44(30-31-63-57)60(7,8)9)67-49-19-17-18-48(38-49)65(16)56-36-43(59(4,5)6)25-28-53(56)64-47-34-45(61(10,11)12)33-46(35-47)62(13,14)15;/h17-37,64H,16H2,1-15H3;/q-3;. The monoisotopic (exact) mass is 1080 g/mol. The fraction of sp³-hybridized carbons (Fsp3) is 0.323. The number of hydrogen-bond donors (Lipinski definition) is 1. The van der Waals surface area contributed by atoms with Gasteiger partial charge in [-0.1, -0.05) is 158 Å². The first-order chi connectivity index (χ1) is 31.2. The van der Waals surface area contributed by atoms with Crippen LogP contribution in [0.5, 0.6) is 11.5 Å². The van der Waals surface area contributed by atoms with E-state index in [1.54, 1.807) is 0 Å². The SMILES string of the molecule is [CH2-]N(c1[c-]c(Oc2[c-]c3c(cc2)c2cc(-c4ccc(C(C)(C)C)cc4)ccc2n3-c2cc(C(C)(C)C)ccn2)ccc1)c1cc(C(C)(C)C)ccc1Nc1cc(C(C)(C)C)cc(C(C)(C)C)c1.[Pt]. The number of anilines is 4. The fourth-order valence-electron chi connectivity index (χ4n) is 8.52. The number of nitrogens with one attached hydrogen (secondary N) is 1.